The van der Waals surface area contributed by atoms with E-state index in [0.717, 1.165) is 19.6 Å². The quantitative estimate of drug-likeness (QED) is 0.856. The third kappa shape index (κ3) is 4.29. The Labute approximate surface area is 131 Å². The summed E-state index contributed by atoms with van der Waals surface area (Å²) in [6, 6.07) is 7.34. The van der Waals surface area contributed by atoms with Crippen LogP contribution in [0.25, 0.3) is 0 Å². The van der Waals surface area contributed by atoms with Gasteiger partial charge in [-0.15, -0.1) is 0 Å². The molecule has 22 heavy (non-hydrogen) atoms. The van der Waals surface area contributed by atoms with Gasteiger partial charge in [0.2, 0.25) is 5.91 Å². The molecule has 0 aromatic heterocycles. The van der Waals surface area contributed by atoms with E-state index in [4.69, 9.17) is 0 Å². The third-order valence-corrected chi connectivity index (χ3v) is 3.81. The second kappa shape index (κ2) is 7.38. The molecule has 1 atom stereocenters. The van der Waals surface area contributed by atoms with Gasteiger partial charge in [-0.1, -0.05) is 0 Å². The highest BCUT2D eigenvalue weighted by molar-refractivity contribution is 5.96. The fraction of sp³-hybridized carbons (Fsp3) is 0.500. The number of piperazine rings is 1. The van der Waals surface area contributed by atoms with Crippen LogP contribution in [0.15, 0.2) is 24.3 Å². The summed E-state index contributed by atoms with van der Waals surface area (Å²) in [5.74, 6) is -0.0760. The Morgan fingerprint density at radius 2 is 2.00 bits per heavy atom. The van der Waals surface area contributed by atoms with Gasteiger partial charge in [0.05, 0.1) is 6.54 Å². The third-order valence-electron chi connectivity index (χ3n) is 3.81. The summed E-state index contributed by atoms with van der Waals surface area (Å²) < 4.78 is 0. The summed E-state index contributed by atoms with van der Waals surface area (Å²) in [6.07, 6.45) is 0. The lowest BCUT2D eigenvalue weighted by Gasteiger charge is -2.33. The molecule has 0 saturated carbocycles. The average Bonchev–Trinajstić information content (AvgIpc) is 2.49. The van der Waals surface area contributed by atoms with Crippen molar-refractivity contribution in [2.24, 2.45) is 0 Å². The summed E-state index contributed by atoms with van der Waals surface area (Å²) >= 11 is 0. The van der Waals surface area contributed by atoms with E-state index in [0.29, 0.717) is 23.8 Å². The number of rotatable bonds is 4. The zero-order chi connectivity index (χ0) is 16.1. The number of benzene rings is 1. The number of hydrogen-bond acceptors (Lipinski definition) is 4. The number of nitrogens with one attached hydrogen (secondary N) is 2. The molecule has 1 aromatic rings. The summed E-state index contributed by atoms with van der Waals surface area (Å²) in [5.41, 5.74) is 1.32. The van der Waals surface area contributed by atoms with Gasteiger partial charge in [0, 0.05) is 51.0 Å². The number of anilines is 1. The van der Waals surface area contributed by atoms with E-state index >= 15 is 0 Å². The van der Waals surface area contributed by atoms with Crippen molar-refractivity contribution in [2.75, 3.05) is 45.6 Å². The van der Waals surface area contributed by atoms with Crippen LogP contribution in [0, 0.1) is 0 Å². The SMILES string of the molecule is C[C@H]1CNCCN1CC(=O)Nc1ccc(C(=O)N(C)C)cc1. The topological polar surface area (TPSA) is 64.7 Å². The lowest BCUT2D eigenvalue weighted by Crippen LogP contribution is -2.51. The normalized spacial score (nSPS) is 18.8. The summed E-state index contributed by atoms with van der Waals surface area (Å²) in [5, 5.41) is 6.18. The van der Waals surface area contributed by atoms with Crippen molar-refractivity contribution >= 4 is 17.5 Å². The van der Waals surface area contributed by atoms with Gasteiger partial charge in [-0.2, -0.15) is 0 Å². The maximum absolute atomic E-state index is 12.1. The lowest BCUT2D eigenvalue weighted by molar-refractivity contribution is -0.118. The van der Waals surface area contributed by atoms with Crippen molar-refractivity contribution in [2.45, 2.75) is 13.0 Å². The summed E-state index contributed by atoms with van der Waals surface area (Å²) in [7, 11) is 3.43. The lowest BCUT2D eigenvalue weighted by atomic mass is 10.2. The largest absolute Gasteiger partial charge is 0.345 e. The minimum Gasteiger partial charge on any atom is -0.345 e. The van der Waals surface area contributed by atoms with E-state index in [9.17, 15) is 9.59 Å². The molecular weight excluding hydrogens is 280 g/mol. The fourth-order valence-electron chi connectivity index (χ4n) is 2.46. The predicted molar refractivity (Wildman–Crippen MR) is 87.0 cm³/mol. The van der Waals surface area contributed by atoms with Gasteiger partial charge in [-0.25, -0.2) is 0 Å². The van der Waals surface area contributed by atoms with Gasteiger partial charge >= 0.3 is 0 Å². The first-order valence-corrected chi connectivity index (χ1v) is 7.53. The van der Waals surface area contributed by atoms with E-state index in [1.807, 2.05) is 0 Å². The highest BCUT2D eigenvalue weighted by atomic mass is 16.2. The molecule has 1 fully saturated rings. The van der Waals surface area contributed by atoms with Crippen molar-refractivity contribution in [3.8, 4) is 0 Å². The number of nitrogens with zero attached hydrogens (tertiary/aromatic N) is 2. The van der Waals surface area contributed by atoms with Gasteiger partial charge < -0.3 is 15.5 Å². The second-order valence-corrected chi connectivity index (χ2v) is 5.85. The average molecular weight is 304 g/mol. The number of amides is 2. The highest BCUT2D eigenvalue weighted by Gasteiger charge is 2.20. The first-order chi connectivity index (χ1) is 10.5. The number of hydrogen-bond donors (Lipinski definition) is 2. The van der Waals surface area contributed by atoms with E-state index in [1.54, 1.807) is 38.4 Å². The van der Waals surface area contributed by atoms with Crippen molar-refractivity contribution in [3.05, 3.63) is 29.8 Å². The smallest absolute Gasteiger partial charge is 0.253 e. The van der Waals surface area contributed by atoms with Gasteiger partial charge in [0.25, 0.3) is 5.91 Å². The standard InChI is InChI=1S/C16H24N4O2/c1-12-10-17-8-9-20(12)11-15(21)18-14-6-4-13(5-7-14)16(22)19(2)3/h4-7,12,17H,8-11H2,1-3H3,(H,18,21)/t12-/m0/s1. The first-order valence-electron chi connectivity index (χ1n) is 7.53. The molecule has 1 aromatic carbocycles. The van der Waals surface area contributed by atoms with Crippen LogP contribution in [0.3, 0.4) is 0 Å². The van der Waals surface area contributed by atoms with Gasteiger partial charge in [0.15, 0.2) is 0 Å². The molecule has 2 N–H and O–H groups in total. The molecule has 120 valence electrons. The minimum absolute atomic E-state index is 0.0274. The molecule has 1 saturated heterocycles. The monoisotopic (exact) mass is 304 g/mol. The molecule has 0 aliphatic carbocycles. The maximum atomic E-state index is 12.1. The zero-order valence-corrected chi connectivity index (χ0v) is 13.4. The first kappa shape index (κ1) is 16.5. The molecule has 6 heteroatoms. The Bertz CT molecular complexity index is 527. The summed E-state index contributed by atoms with van der Waals surface area (Å²) in [6.45, 7) is 5.21. The van der Waals surface area contributed by atoms with Gasteiger partial charge in [-0.05, 0) is 31.2 Å². The van der Waals surface area contributed by atoms with E-state index < -0.39 is 0 Å². The highest BCUT2D eigenvalue weighted by Crippen LogP contribution is 2.11. The Hall–Kier alpha value is -1.92. The molecular formula is C16H24N4O2. The fourth-order valence-corrected chi connectivity index (χ4v) is 2.46. The molecule has 6 nitrogen and oxygen atoms in total. The van der Waals surface area contributed by atoms with Gasteiger partial charge in [-0.3, -0.25) is 14.5 Å². The Balaban J connectivity index is 1.90. The molecule has 1 heterocycles. The van der Waals surface area contributed by atoms with E-state index in [2.05, 4.69) is 22.5 Å². The summed E-state index contributed by atoms with van der Waals surface area (Å²) in [4.78, 5) is 27.6. The number of carbonyl (C=O) groups excluding carboxylic acids is 2. The van der Waals surface area contributed by atoms with Crippen molar-refractivity contribution in [1.29, 1.82) is 0 Å². The Morgan fingerprint density at radius 3 is 2.59 bits per heavy atom. The molecule has 2 rings (SSSR count). The molecule has 1 aliphatic rings. The zero-order valence-electron chi connectivity index (χ0n) is 13.4. The molecule has 2 amide bonds. The predicted octanol–water partition coefficient (Wildman–Crippen LogP) is 0.621. The van der Waals surface area contributed by atoms with Crippen molar-refractivity contribution in [1.82, 2.24) is 15.1 Å². The minimum atomic E-state index is -0.0486. The maximum Gasteiger partial charge on any atom is 0.253 e. The van der Waals surface area contributed by atoms with Crippen LogP contribution in [0.5, 0.6) is 0 Å². The van der Waals surface area contributed by atoms with E-state index in [1.165, 1.54) is 4.90 Å². The molecule has 0 unspecified atom stereocenters. The van der Waals surface area contributed by atoms with Crippen LogP contribution in [0.2, 0.25) is 0 Å². The van der Waals surface area contributed by atoms with Crippen LogP contribution in [-0.2, 0) is 4.79 Å². The molecule has 1 aliphatic heterocycles. The van der Waals surface area contributed by atoms with Crippen LogP contribution < -0.4 is 10.6 Å². The van der Waals surface area contributed by atoms with Crippen LogP contribution in [0.4, 0.5) is 5.69 Å². The van der Waals surface area contributed by atoms with Crippen LogP contribution in [0.1, 0.15) is 17.3 Å². The molecule has 0 spiro atoms. The van der Waals surface area contributed by atoms with Crippen molar-refractivity contribution < 1.29 is 9.59 Å². The van der Waals surface area contributed by atoms with Crippen LogP contribution in [-0.4, -0.2) is 67.9 Å². The molecule has 0 radical (unpaired) electrons. The second-order valence-electron chi connectivity index (χ2n) is 5.85. The number of carbonyl (C=O) groups is 2. The van der Waals surface area contributed by atoms with Crippen molar-refractivity contribution in [3.63, 3.8) is 0 Å². The van der Waals surface area contributed by atoms with E-state index in [-0.39, 0.29) is 11.8 Å². The van der Waals surface area contributed by atoms with Gasteiger partial charge in [0.1, 0.15) is 0 Å². The van der Waals surface area contributed by atoms with Crippen LogP contribution >= 0.6 is 0 Å². The molecule has 0 bridgehead atoms. The Kier molecular flexibility index (Phi) is 5.51. The Morgan fingerprint density at radius 1 is 1.32 bits per heavy atom.